The second kappa shape index (κ2) is 7.18. The van der Waals surface area contributed by atoms with Gasteiger partial charge in [-0.25, -0.2) is 17.6 Å². The lowest BCUT2D eigenvalue weighted by atomic mass is 9.85. The Labute approximate surface area is 162 Å². The number of ether oxygens (including phenoxy) is 1. The predicted molar refractivity (Wildman–Crippen MR) is 90.0 cm³/mol. The van der Waals surface area contributed by atoms with Crippen LogP contribution in [0.3, 0.4) is 0 Å². The van der Waals surface area contributed by atoms with E-state index in [0.29, 0.717) is 0 Å². The molecule has 2 aromatic carbocycles. The zero-order valence-corrected chi connectivity index (χ0v) is 16.4. The van der Waals surface area contributed by atoms with Gasteiger partial charge in [-0.1, -0.05) is 41.5 Å². The molecule has 0 fully saturated rings. The molecule has 0 saturated carbocycles. The van der Waals surface area contributed by atoms with Crippen LogP contribution in [-0.2, 0) is 10.8 Å². The van der Waals surface area contributed by atoms with Crippen molar-refractivity contribution in [2.24, 2.45) is 0 Å². The van der Waals surface area contributed by atoms with Gasteiger partial charge in [0.25, 0.3) is 0 Å². The fraction of sp³-hybridized carbons (Fsp3) is 0.400. The van der Waals surface area contributed by atoms with Crippen LogP contribution in [-0.4, -0.2) is 0 Å². The lowest BCUT2D eigenvalue weighted by Gasteiger charge is -2.24. The van der Waals surface area contributed by atoms with Gasteiger partial charge < -0.3 is 4.74 Å². The summed E-state index contributed by atoms with van der Waals surface area (Å²) in [6.45, 7) is 7.60. The third-order valence-corrected chi connectivity index (χ3v) is 4.15. The molecular formula is C20H18F8O. The largest absolute Gasteiger partial charge is 0.444 e. The van der Waals surface area contributed by atoms with Crippen LogP contribution < -0.4 is 4.74 Å². The van der Waals surface area contributed by atoms with Gasteiger partial charge in [0.1, 0.15) is 0 Å². The smallest absolute Gasteiger partial charge is 0.205 e. The highest BCUT2D eigenvalue weighted by Gasteiger charge is 2.36. The van der Waals surface area contributed by atoms with Gasteiger partial charge >= 0.3 is 0 Å². The van der Waals surface area contributed by atoms with Crippen molar-refractivity contribution in [3.8, 4) is 11.5 Å². The summed E-state index contributed by atoms with van der Waals surface area (Å²) in [6.07, 6.45) is 0. The Balaban J connectivity index is 2.77. The molecule has 9 heteroatoms. The Morgan fingerprint density at radius 2 is 0.621 bits per heavy atom. The summed E-state index contributed by atoms with van der Waals surface area (Å²) >= 11 is 0. The molecule has 0 spiro atoms. The van der Waals surface area contributed by atoms with E-state index < -0.39 is 80.0 Å². The van der Waals surface area contributed by atoms with Gasteiger partial charge in [-0.05, 0) is 10.8 Å². The standard InChI is InChI=1S/C20H18F8O/c1-19(2,3)7-9(21)13(25)17(14(26)10(7)22)29-18-15(27)11(23)8(20(4,5)6)12(24)16(18)28/h1-6H3. The van der Waals surface area contributed by atoms with Gasteiger partial charge in [-0.2, -0.15) is 17.6 Å². The van der Waals surface area contributed by atoms with Crippen molar-refractivity contribution in [3.05, 3.63) is 57.7 Å². The molecule has 0 aromatic heterocycles. The Bertz CT molecular complexity index is 846. The van der Waals surface area contributed by atoms with Crippen molar-refractivity contribution >= 4 is 0 Å². The van der Waals surface area contributed by atoms with Crippen LogP contribution in [0.25, 0.3) is 0 Å². The Morgan fingerprint density at radius 3 is 0.793 bits per heavy atom. The van der Waals surface area contributed by atoms with E-state index >= 15 is 0 Å². The van der Waals surface area contributed by atoms with E-state index in [2.05, 4.69) is 4.74 Å². The SMILES string of the molecule is CC(C)(C)c1c(F)c(F)c(Oc2c(F)c(F)c(C(C)(C)C)c(F)c2F)c(F)c1F. The van der Waals surface area contributed by atoms with Gasteiger partial charge in [-0.3, -0.25) is 0 Å². The van der Waals surface area contributed by atoms with Gasteiger partial charge in [0.15, 0.2) is 23.3 Å². The molecule has 0 heterocycles. The maximum Gasteiger partial charge on any atom is 0.205 e. The summed E-state index contributed by atoms with van der Waals surface area (Å²) in [5.74, 6) is -19.6. The minimum atomic E-state index is -2.10. The molecule has 0 N–H and O–H groups in total. The summed E-state index contributed by atoms with van der Waals surface area (Å²) < 4.78 is 119. The lowest BCUT2D eigenvalue weighted by molar-refractivity contribution is 0.310. The number of benzene rings is 2. The van der Waals surface area contributed by atoms with E-state index in [1.807, 2.05) is 0 Å². The van der Waals surface area contributed by atoms with E-state index in [-0.39, 0.29) is 0 Å². The third-order valence-electron chi connectivity index (χ3n) is 4.15. The topological polar surface area (TPSA) is 9.23 Å². The Kier molecular flexibility index (Phi) is 5.68. The molecule has 1 nitrogen and oxygen atoms in total. The van der Waals surface area contributed by atoms with Crippen molar-refractivity contribution < 1.29 is 39.9 Å². The van der Waals surface area contributed by atoms with Crippen LogP contribution in [0.1, 0.15) is 52.7 Å². The van der Waals surface area contributed by atoms with Crippen molar-refractivity contribution in [2.75, 3.05) is 0 Å². The molecule has 0 unspecified atom stereocenters. The highest BCUT2D eigenvalue weighted by molar-refractivity contribution is 5.43. The summed E-state index contributed by atoms with van der Waals surface area (Å²) in [5, 5.41) is 0. The molecule has 0 aliphatic carbocycles. The predicted octanol–water partition coefficient (Wildman–Crippen LogP) is 7.19. The molecule has 160 valence electrons. The van der Waals surface area contributed by atoms with Gasteiger partial charge in [0, 0.05) is 11.1 Å². The first-order valence-corrected chi connectivity index (χ1v) is 8.42. The summed E-state index contributed by atoms with van der Waals surface area (Å²) in [5.41, 5.74) is -4.70. The van der Waals surface area contributed by atoms with Gasteiger partial charge in [0.2, 0.25) is 34.8 Å². The average Bonchev–Trinajstić information content (AvgIpc) is 2.55. The van der Waals surface area contributed by atoms with Gasteiger partial charge in [-0.15, -0.1) is 0 Å². The second-order valence-electron chi connectivity index (χ2n) is 8.52. The van der Waals surface area contributed by atoms with E-state index in [0.717, 1.165) is 0 Å². The fourth-order valence-electron chi connectivity index (χ4n) is 2.82. The molecule has 0 atom stereocenters. The van der Waals surface area contributed by atoms with Crippen LogP contribution in [0.15, 0.2) is 0 Å². The van der Waals surface area contributed by atoms with Crippen molar-refractivity contribution in [1.82, 2.24) is 0 Å². The third kappa shape index (κ3) is 3.79. The average molecular weight is 426 g/mol. The molecule has 0 aliphatic heterocycles. The molecule has 29 heavy (non-hydrogen) atoms. The molecule has 0 radical (unpaired) electrons. The summed E-state index contributed by atoms with van der Waals surface area (Å²) in [7, 11) is 0. The van der Waals surface area contributed by atoms with E-state index in [4.69, 9.17) is 0 Å². The van der Waals surface area contributed by atoms with E-state index in [9.17, 15) is 35.1 Å². The first-order valence-electron chi connectivity index (χ1n) is 8.42. The molecule has 0 saturated heterocycles. The monoisotopic (exact) mass is 426 g/mol. The Hall–Kier alpha value is -2.32. The second-order valence-corrected chi connectivity index (χ2v) is 8.52. The fourth-order valence-corrected chi connectivity index (χ4v) is 2.82. The van der Waals surface area contributed by atoms with Crippen molar-refractivity contribution in [2.45, 2.75) is 52.4 Å². The van der Waals surface area contributed by atoms with Crippen LogP contribution in [0, 0.1) is 46.5 Å². The molecule has 0 bridgehead atoms. The first kappa shape index (κ1) is 23.0. The van der Waals surface area contributed by atoms with E-state index in [1.165, 1.54) is 41.5 Å². The first-order chi connectivity index (χ1) is 13.0. The van der Waals surface area contributed by atoms with Crippen molar-refractivity contribution in [3.63, 3.8) is 0 Å². The van der Waals surface area contributed by atoms with Crippen LogP contribution in [0.4, 0.5) is 35.1 Å². The molecule has 0 amide bonds. The quantitative estimate of drug-likeness (QED) is 0.365. The Morgan fingerprint density at radius 1 is 0.414 bits per heavy atom. The number of rotatable bonds is 2. The minimum Gasteiger partial charge on any atom is -0.444 e. The zero-order valence-electron chi connectivity index (χ0n) is 16.4. The van der Waals surface area contributed by atoms with Gasteiger partial charge in [0.05, 0.1) is 0 Å². The van der Waals surface area contributed by atoms with Crippen LogP contribution in [0.5, 0.6) is 11.5 Å². The maximum absolute atomic E-state index is 14.3. The summed E-state index contributed by atoms with van der Waals surface area (Å²) in [4.78, 5) is 0. The highest BCUT2D eigenvalue weighted by atomic mass is 19.2. The summed E-state index contributed by atoms with van der Waals surface area (Å²) in [6, 6.07) is 0. The minimum absolute atomic E-state index is 0.971. The lowest BCUT2D eigenvalue weighted by Crippen LogP contribution is -2.21. The zero-order chi connectivity index (χ0) is 22.6. The maximum atomic E-state index is 14.3. The molecule has 2 aromatic rings. The van der Waals surface area contributed by atoms with Crippen LogP contribution in [0.2, 0.25) is 0 Å². The number of hydrogen-bond donors (Lipinski definition) is 0. The van der Waals surface area contributed by atoms with E-state index in [1.54, 1.807) is 0 Å². The number of halogens is 8. The normalized spacial score (nSPS) is 12.5. The molecule has 0 aliphatic rings. The molecule has 2 rings (SSSR count). The number of hydrogen-bond acceptors (Lipinski definition) is 1. The van der Waals surface area contributed by atoms with Crippen molar-refractivity contribution in [1.29, 1.82) is 0 Å². The molecular weight excluding hydrogens is 408 g/mol. The van der Waals surface area contributed by atoms with Crippen LogP contribution >= 0.6 is 0 Å². The highest BCUT2D eigenvalue weighted by Crippen LogP contribution is 2.41.